The molecule has 0 saturated heterocycles. The molecule has 34 heavy (non-hydrogen) atoms. The number of aromatic amines is 1. The van der Waals surface area contributed by atoms with Crippen molar-refractivity contribution in [3.63, 3.8) is 0 Å². The van der Waals surface area contributed by atoms with Gasteiger partial charge in [-0.05, 0) is 29.8 Å². The van der Waals surface area contributed by atoms with E-state index in [0.717, 1.165) is 11.1 Å². The van der Waals surface area contributed by atoms with Crippen LogP contribution in [0.3, 0.4) is 0 Å². The summed E-state index contributed by atoms with van der Waals surface area (Å²) in [4.78, 5) is 43.9. The molecule has 9 heteroatoms. The molecular formula is C25H20N4O5. The van der Waals surface area contributed by atoms with Crippen LogP contribution in [0.25, 0.3) is 34.1 Å². The molecule has 0 unspecified atom stereocenters. The van der Waals surface area contributed by atoms with Crippen LogP contribution in [0, 0.1) is 0 Å². The maximum Gasteiger partial charge on any atom is 0.337 e. The SMILES string of the molecule is COC(=O)c1ccc(-c2ccc(-c3nc4c(c(=O)[nH]c(=O)n4Cc4ccccc4)n3C)o2)cc1. The fraction of sp³-hybridized carbons (Fsp3) is 0.120. The van der Waals surface area contributed by atoms with Crippen LogP contribution in [0.2, 0.25) is 0 Å². The Balaban J connectivity index is 1.57. The number of aryl methyl sites for hydroxylation is 1. The summed E-state index contributed by atoms with van der Waals surface area (Å²) in [6.45, 7) is 0.263. The number of methoxy groups -OCH3 is 1. The number of fused-ring (bicyclic) bond motifs is 1. The number of furan rings is 1. The molecular weight excluding hydrogens is 436 g/mol. The van der Waals surface area contributed by atoms with Crippen LogP contribution in [0.1, 0.15) is 15.9 Å². The normalized spacial score (nSPS) is 11.1. The summed E-state index contributed by atoms with van der Waals surface area (Å²) in [7, 11) is 3.03. The second kappa shape index (κ2) is 8.36. The summed E-state index contributed by atoms with van der Waals surface area (Å²) in [6, 6.07) is 19.8. The number of ether oxygens (including phenoxy) is 1. The van der Waals surface area contributed by atoms with Crippen LogP contribution in [-0.4, -0.2) is 32.2 Å². The van der Waals surface area contributed by atoms with E-state index in [1.54, 1.807) is 48.0 Å². The minimum absolute atomic E-state index is 0.263. The van der Waals surface area contributed by atoms with Crippen LogP contribution in [-0.2, 0) is 18.3 Å². The third kappa shape index (κ3) is 3.62. The van der Waals surface area contributed by atoms with Gasteiger partial charge in [0, 0.05) is 12.6 Å². The number of hydrogen-bond donors (Lipinski definition) is 1. The molecule has 0 atom stereocenters. The molecule has 0 bridgehead atoms. The van der Waals surface area contributed by atoms with E-state index in [-0.39, 0.29) is 17.7 Å². The van der Waals surface area contributed by atoms with Crippen molar-refractivity contribution in [1.82, 2.24) is 19.1 Å². The lowest BCUT2D eigenvalue weighted by atomic mass is 10.1. The van der Waals surface area contributed by atoms with Crippen LogP contribution in [0.15, 0.2) is 80.7 Å². The average Bonchev–Trinajstić information content (AvgIpc) is 3.47. The van der Waals surface area contributed by atoms with Crippen molar-refractivity contribution in [3.8, 4) is 22.9 Å². The Kier molecular flexibility index (Phi) is 5.21. The molecule has 2 aromatic carbocycles. The average molecular weight is 456 g/mol. The van der Waals surface area contributed by atoms with E-state index in [0.29, 0.717) is 22.9 Å². The van der Waals surface area contributed by atoms with Crippen LogP contribution in [0.4, 0.5) is 0 Å². The molecule has 0 fully saturated rings. The zero-order valence-electron chi connectivity index (χ0n) is 18.4. The lowest BCUT2D eigenvalue weighted by Crippen LogP contribution is -2.31. The smallest absolute Gasteiger partial charge is 0.337 e. The highest BCUT2D eigenvalue weighted by atomic mass is 16.5. The summed E-state index contributed by atoms with van der Waals surface area (Å²) in [5.74, 6) is 0.987. The van der Waals surface area contributed by atoms with Gasteiger partial charge in [0.1, 0.15) is 5.76 Å². The van der Waals surface area contributed by atoms with Gasteiger partial charge >= 0.3 is 11.7 Å². The molecule has 5 aromatic rings. The first-order chi connectivity index (χ1) is 16.5. The van der Waals surface area contributed by atoms with Crippen molar-refractivity contribution in [2.75, 3.05) is 7.11 Å². The number of hydrogen-bond acceptors (Lipinski definition) is 6. The highest BCUT2D eigenvalue weighted by Gasteiger charge is 2.20. The van der Waals surface area contributed by atoms with Crippen molar-refractivity contribution in [1.29, 1.82) is 0 Å². The van der Waals surface area contributed by atoms with E-state index < -0.39 is 17.2 Å². The van der Waals surface area contributed by atoms with Crippen LogP contribution >= 0.6 is 0 Å². The molecule has 0 radical (unpaired) electrons. The predicted molar refractivity (Wildman–Crippen MR) is 126 cm³/mol. The van der Waals surface area contributed by atoms with Gasteiger partial charge in [-0.1, -0.05) is 42.5 Å². The third-order valence-corrected chi connectivity index (χ3v) is 5.61. The Morgan fingerprint density at radius 2 is 1.71 bits per heavy atom. The highest BCUT2D eigenvalue weighted by molar-refractivity contribution is 5.89. The number of esters is 1. The first-order valence-corrected chi connectivity index (χ1v) is 10.5. The number of nitrogens with zero attached hydrogens (tertiary/aromatic N) is 3. The maximum atomic E-state index is 12.6. The Hall–Kier alpha value is -4.66. The summed E-state index contributed by atoms with van der Waals surface area (Å²) in [5.41, 5.74) is 1.59. The Bertz CT molecular complexity index is 1620. The minimum atomic E-state index is -0.531. The molecule has 5 rings (SSSR count). The monoisotopic (exact) mass is 456 g/mol. The Labute approximate surface area is 192 Å². The second-order valence-electron chi connectivity index (χ2n) is 7.73. The number of nitrogens with one attached hydrogen (secondary N) is 1. The number of H-pyrrole nitrogens is 1. The molecule has 1 N–H and O–H groups in total. The van der Waals surface area contributed by atoms with E-state index in [1.165, 1.54) is 11.7 Å². The zero-order valence-corrected chi connectivity index (χ0v) is 18.4. The van der Waals surface area contributed by atoms with Crippen molar-refractivity contribution in [2.45, 2.75) is 6.54 Å². The van der Waals surface area contributed by atoms with Gasteiger partial charge in [0.15, 0.2) is 22.7 Å². The minimum Gasteiger partial charge on any atom is -0.465 e. The van der Waals surface area contributed by atoms with E-state index >= 15 is 0 Å². The van der Waals surface area contributed by atoms with Gasteiger partial charge in [-0.2, -0.15) is 0 Å². The highest BCUT2D eigenvalue weighted by Crippen LogP contribution is 2.29. The lowest BCUT2D eigenvalue weighted by molar-refractivity contribution is 0.0600. The maximum absolute atomic E-state index is 12.6. The Morgan fingerprint density at radius 1 is 1.00 bits per heavy atom. The largest absolute Gasteiger partial charge is 0.465 e. The van der Waals surface area contributed by atoms with Gasteiger partial charge in [0.25, 0.3) is 5.56 Å². The fourth-order valence-corrected chi connectivity index (χ4v) is 3.88. The molecule has 170 valence electrons. The van der Waals surface area contributed by atoms with Gasteiger partial charge in [-0.3, -0.25) is 14.3 Å². The van der Waals surface area contributed by atoms with Crippen molar-refractivity contribution in [2.24, 2.45) is 7.05 Å². The standard InChI is InChI=1S/C25H20N4O5/c1-28-20-22(29(25(32)27-23(20)30)14-15-6-4-3-5-7-15)26-21(28)19-13-12-18(34-19)16-8-10-17(11-9-16)24(31)33-2/h3-13H,14H2,1-2H3,(H,27,30,32). The quantitative estimate of drug-likeness (QED) is 0.407. The first-order valence-electron chi connectivity index (χ1n) is 10.5. The number of aromatic nitrogens is 4. The molecule has 3 heterocycles. The van der Waals surface area contributed by atoms with Gasteiger partial charge in [-0.25, -0.2) is 14.6 Å². The van der Waals surface area contributed by atoms with Crippen molar-refractivity contribution < 1.29 is 13.9 Å². The van der Waals surface area contributed by atoms with Gasteiger partial charge in [0.05, 0.1) is 19.2 Å². The molecule has 0 spiro atoms. The molecule has 3 aromatic heterocycles. The van der Waals surface area contributed by atoms with E-state index in [2.05, 4.69) is 9.97 Å². The number of carbonyl (C=O) groups excluding carboxylic acids is 1. The van der Waals surface area contributed by atoms with E-state index in [1.807, 2.05) is 30.3 Å². The molecule has 0 aliphatic carbocycles. The van der Waals surface area contributed by atoms with Gasteiger partial charge in [0.2, 0.25) is 0 Å². The van der Waals surface area contributed by atoms with Crippen molar-refractivity contribution >= 4 is 17.1 Å². The molecule has 9 nitrogen and oxygen atoms in total. The number of imidazole rings is 1. The number of rotatable bonds is 5. The van der Waals surface area contributed by atoms with Gasteiger partial charge in [-0.15, -0.1) is 0 Å². The third-order valence-electron chi connectivity index (χ3n) is 5.61. The summed E-state index contributed by atoms with van der Waals surface area (Å²) < 4.78 is 13.8. The summed E-state index contributed by atoms with van der Waals surface area (Å²) in [5, 5.41) is 0. The van der Waals surface area contributed by atoms with Crippen molar-refractivity contribution in [3.05, 3.63) is 98.7 Å². The molecule has 0 saturated carbocycles. The van der Waals surface area contributed by atoms with E-state index in [4.69, 9.17) is 9.15 Å². The van der Waals surface area contributed by atoms with Crippen LogP contribution < -0.4 is 11.2 Å². The topological polar surface area (TPSA) is 112 Å². The first kappa shape index (κ1) is 21.2. The van der Waals surface area contributed by atoms with Crippen LogP contribution in [0.5, 0.6) is 0 Å². The molecule has 0 aliphatic rings. The summed E-state index contributed by atoms with van der Waals surface area (Å²) in [6.07, 6.45) is 0. The second-order valence-corrected chi connectivity index (χ2v) is 7.73. The Morgan fingerprint density at radius 3 is 2.41 bits per heavy atom. The predicted octanol–water partition coefficient (Wildman–Crippen LogP) is 3.19. The number of carbonyl (C=O) groups is 1. The summed E-state index contributed by atoms with van der Waals surface area (Å²) >= 11 is 0. The fourth-order valence-electron chi connectivity index (χ4n) is 3.88. The van der Waals surface area contributed by atoms with Gasteiger partial charge < -0.3 is 13.7 Å². The molecule has 0 amide bonds. The molecule has 0 aliphatic heterocycles. The lowest BCUT2D eigenvalue weighted by Gasteiger charge is -2.06. The van der Waals surface area contributed by atoms with E-state index in [9.17, 15) is 14.4 Å². The number of benzene rings is 2. The zero-order chi connectivity index (χ0) is 23.8.